The molecule has 2 amide bonds. The summed E-state index contributed by atoms with van der Waals surface area (Å²) in [6, 6.07) is 5.69. The second kappa shape index (κ2) is 7.84. The van der Waals surface area contributed by atoms with Crippen molar-refractivity contribution in [2.75, 3.05) is 13.1 Å². The minimum absolute atomic E-state index is 0.0445. The summed E-state index contributed by atoms with van der Waals surface area (Å²) in [4.78, 5) is 25.1. The summed E-state index contributed by atoms with van der Waals surface area (Å²) >= 11 is 11.9. The van der Waals surface area contributed by atoms with Crippen molar-refractivity contribution in [2.24, 2.45) is 0 Å². The second-order valence-corrected chi connectivity index (χ2v) is 6.37. The van der Waals surface area contributed by atoms with Crippen LogP contribution in [0.2, 0.25) is 10.0 Å². The van der Waals surface area contributed by atoms with E-state index in [0.717, 1.165) is 18.4 Å². The van der Waals surface area contributed by atoms with Gasteiger partial charge in [0.05, 0.1) is 0 Å². The van der Waals surface area contributed by atoms with Crippen LogP contribution in [0.25, 0.3) is 0 Å². The highest BCUT2D eigenvalue weighted by Gasteiger charge is 2.30. The average molecular weight is 343 g/mol. The van der Waals surface area contributed by atoms with Gasteiger partial charge >= 0.3 is 0 Å². The molecular formula is C16H20Cl2N2O2. The Kier molecular flexibility index (Phi) is 6.09. The maximum Gasteiger partial charge on any atom is 0.221 e. The van der Waals surface area contributed by atoms with Crippen molar-refractivity contribution in [3.63, 3.8) is 0 Å². The number of hydrogen-bond donors (Lipinski definition) is 1. The fourth-order valence-electron chi connectivity index (χ4n) is 2.35. The maximum absolute atomic E-state index is 11.8. The van der Waals surface area contributed by atoms with Crippen LogP contribution in [-0.2, 0) is 16.0 Å². The number of halogens is 2. The molecule has 1 N–H and O–H groups in total. The van der Waals surface area contributed by atoms with Gasteiger partial charge in [-0.2, -0.15) is 0 Å². The molecule has 0 spiro atoms. The van der Waals surface area contributed by atoms with E-state index in [0.29, 0.717) is 42.0 Å². The standard InChI is InChI=1S/C16H20Cl2N2O2/c1-11(21)20(14-4-5-14)9-7-16(22)19-8-6-12-2-3-13(17)10-15(12)18/h2-3,10,14H,4-9H2,1H3,(H,19,22). The van der Waals surface area contributed by atoms with Crippen LogP contribution in [-0.4, -0.2) is 35.8 Å². The predicted octanol–water partition coefficient (Wildman–Crippen LogP) is 3.05. The number of benzene rings is 1. The highest BCUT2D eigenvalue weighted by atomic mass is 35.5. The number of carbonyl (C=O) groups is 2. The van der Waals surface area contributed by atoms with Gasteiger partial charge in [0.1, 0.15) is 0 Å². The lowest BCUT2D eigenvalue weighted by Gasteiger charge is -2.20. The van der Waals surface area contributed by atoms with E-state index in [-0.39, 0.29) is 11.8 Å². The first-order valence-electron chi connectivity index (χ1n) is 7.45. The first-order valence-corrected chi connectivity index (χ1v) is 8.21. The van der Waals surface area contributed by atoms with Crippen molar-refractivity contribution in [2.45, 2.75) is 38.6 Å². The van der Waals surface area contributed by atoms with Crippen molar-refractivity contribution >= 4 is 35.0 Å². The molecule has 0 heterocycles. The van der Waals surface area contributed by atoms with Gasteiger partial charge in [-0.3, -0.25) is 9.59 Å². The first-order chi connectivity index (χ1) is 10.5. The molecule has 1 aromatic rings. The first kappa shape index (κ1) is 17.1. The zero-order chi connectivity index (χ0) is 16.1. The fraction of sp³-hybridized carbons (Fsp3) is 0.500. The lowest BCUT2D eigenvalue weighted by Crippen LogP contribution is -2.35. The molecule has 0 saturated heterocycles. The minimum atomic E-state index is -0.0445. The molecule has 0 atom stereocenters. The van der Waals surface area contributed by atoms with Crippen molar-refractivity contribution in [1.82, 2.24) is 10.2 Å². The third kappa shape index (κ3) is 5.18. The Hall–Kier alpha value is -1.26. The van der Waals surface area contributed by atoms with Gasteiger partial charge in [0.25, 0.3) is 0 Å². The van der Waals surface area contributed by atoms with Crippen LogP contribution < -0.4 is 5.32 Å². The average Bonchev–Trinajstić information content (AvgIpc) is 3.26. The molecule has 1 saturated carbocycles. The molecule has 120 valence electrons. The van der Waals surface area contributed by atoms with E-state index in [4.69, 9.17) is 23.2 Å². The van der Waals surface area contributed by atoms with Crippen molar-refractivity contribution in [3.8, 4) is 0 Å². The summed E-state index contributed by atoms with van der Waals surface area (Å²) in [5.74, 6) is 0.000215. The Morgan fingerprint density at radius 1 is 1.32 bits per heavy atom. The second-order valence-electron chi connectivity index (χ2n) is 5.53. The lowest BCUT2D eigenvalue weighted by atomic mass is 10.1. The molecule has 6 heteroatoms. The predicted molar refractivity (Wildman–Crippen MR) is 88.2 cm³/mol. The SMILES string of the molecule is CC(=O)N(CCC(=O)NCCc1ccc(Cl)cc1Cl)C1CC1. The molecule has 0 radical (unpaired) electrons. The molecule has 1 aliphatic carbocycles. The van der Waals surface area contributed by atoms with Gasteiger partial charge in [-0.1, -0.05) is 29.3 Å². The van der Waals surface area contributed by atoms with E-state index in [1.54, 1.807) is 24.0 Å². The summed E-state index contributed by atoms with van der Waals surface area (Å²) in [5.41, 5.74) is 0.953. The van der Waals surface area contributed by atoms with E-state index in [1.165, 1.54) is 0 Å². The van der Waals surface area contributed by atoms with Gasteiger partial charge in [-0.25, -0.2) is 0 Å². The Balaban J connectivity index is 1.70. The number of rotatable bonds is 7. The molecule has 1 aromatic carbocycles. The van der Waals surface area contributed by atoms with Gasteiger partial charge < -0.3 is 10.2 Å². The summed E-state index contributed by atoms with van der Waals surface area (Å²) in [5, 5.41) is 4.07. The molecule has 0 unspecified atom stereocenters. The summed E-state index contributed by atoms with van der Waals surface area (Å²) in [6.07, 6.45) is 3.09. The zero-order valence-corrected chi connectivity index (χ0v) is 14.1. The quantitative estimate of drug-likeness (QED) is 0.827. The molecular weight excluding hydrogens is 323 g/mol. The van der Waals surface area contributed by atoms with Gasteiger partial charge in [0, 0.05) is 42.5 Å². The van der Waals surface area contributed by atoms with Gasteiger partial charge in [0.2, 0.25) is 11.8 Å². The van der Waals surface area contributed by atoms with E-state index < -0.39 is 0 Å². The topological polar surface area (TPSA) is 49.4 Å². The summed E-state index contributed by atoms with van der Waals surface area (Å²) < 4.78 is 0. The van der Waals surface area contributed by atoms with E-state index >= 15 is 0 Å². The van der Waals surface area contributed by atoms with Crippen LogP contribution in [0.5, 0.6) is 0 Å². The van der Waals surface area contributed by atoms with E-state index in [2.05, 4.69) is 5.32 Å². The van der Waals surface area contributed by atoms with Crippen molar-refractivity contribution in [1.29, 1.82) is 0 Å². The van der Waals surface area contributed by atoms with Crippen LogP contribution in [0.1, 0.15) is 31.7 Å². The van der Waals surface area contributed by atoms with E-state index in [9.17, 15) is 9.59 Å². The van der Waals surface area contributed by atoms with Crippen LogP contribution in [0.15, 0.2) is 18.2 Å². The number of carbonyl (C=O) groups excluding carboxylic acids is 2. The smallest absolute Gasteiger partial charge is 0.221 e. The third-order valence-corrected chi connectivity index (χ3v) is 4.29. The Labute approximate surface area is 140 Å². The number of nitrogens with one attached hydrogen (secondary N) is 1. The normalized spacial score (nSPS) is 13.8. The monoisotopic (exact) mass is 342 g/mol. The molecule has 2 rings (SSSR count). The largest absolute Gasteiger partial charge is 0.356 e. The van der Waals surface area contributed by atoms with Crippen LogP contribution in [0, 0.1) is 0 Å². The lowest BCUT2D eigenvalue weighted by molar-refractivity contribution is -0.130. The van der Waals surface area contributed by atoms with Crippen molar-refractivity contribution < 1.29 is 9.59 Å². The highest BCUT2D eigenvalue weighted by molar-refractivity contribution is 6.35. The summed E-state index contributed by atoms with van der Waals surface area (Å²) in [6.45, 7) is 2.57. The molecule has 4 nitrogen and oxygen atoms in total. The highest BCUT2D eigenvalue weighted by Crippen LogP contribution is 2.26. The molecule has 22 heavy (non-hydrogen) atoms. The molecule has 0 bridgehead atoms. The van der Waals surface area contributed by atoms with Crippen LogP contribution in [0.3, 0.4) is 0 Å². The van der Waals surface area contributed by atoms with Gasteiger partial charge in [0.15, 0.2) is 0 Å². The Morgan fingerprint density at radius 3 is 2.64 bits per heavy atom. The minimum Gasteiger partial charge on any atom is -0.356 e. The molecule has 1 fully saturated rings. The zero-order valence-electron chi connectivity index (χ0n) is 12.6. The van der Waals surface area contributed by atoms with E-state index in [1.807, 2.05) is 6.07 Å². The van der Waals surface area contributed by atoms with Crippen molar-refractivity contribution in [3.05, 3.63) is 33.8 Å². The summed E-state index contributed by atoms with van der Waals surface area (Å²) in [7, 11) is 0. The van der Waals surface area contributed by atoms with Crippen LogP contribution in [0.4, 0.5) is 0 Å². The fourth-order valence-corrected chi connectivity index (χ4v) is 2.86. The third-order valence-electron chi connectivity index (χ3n) is 3.70. The Morgan fingerprint density at radius 2 is 2.05 bits per heavy atom. The molecule has 1 aliphatic rings. The van der Waals surface area contributed by atoms with Crippen LogP contribution >= 0.6 is 23.2 Å². The maximum atomic E-state index is 11.8. The molecule has 0 aliphatic heterocycles. The number of nitrogens with zero attached hydrogens (tertiary/aromatic N) is 1. The Bertz CT molecular complexity index is 559. The molecule has 0 aromatic heterocycles. The number of amides is 2. The van der Waals surface area contributed by atoms with Gasteiger partial charge in [-0.15, -0.1) is 0 Å². The number of hydrogen-bond acceptors (Lipinski definition) is 2. The van der Waals surface area contributed by atoms with Gasteiger partial charge in [-0.05, 0) is 37.0 Å².